The molecular weight excluding hydrogens is 390 g/mol. The number of nitro groups is 1. The fourth-order valence-corrected chi connectivity index (χ4v) is 3.12. The number of aromatic nitrogens is 3. The van der Waals surface area contributed by atoms with Gasteiger partial charge < -0.3 is 5.32 Å². The maximum Gasteiger partial charge on any atom is 0.293 e. The van der Waals surface area contributed by atoms with Gasteiger partial charge in [0.2, 0.25) is 11.1 Å². The highest BCUT2D eigenvalue weighted by Gasteiger charge is 2.17. The van der Waals surface area contributed by atoms with Gasteiger partial charge in [-0.05, 0) is 30.7 Å². The van der Waals surface area contributed by atoms with E-state index in [0.717, 1.165) is 17.3 Å². The summed E-state index contributed by atoms with van der Waals surface area (Å²) in [7, 11) is 0. The molecule has 0 aliphatic carbocycles. The van der Waals surface area contributed by atoms with Crippen LogP contribution < -0.4 is 5.32 Å². The van der Waals surface area contributed by atoms with Crippen molar-refractivity contribution in [1.82, 2.24) is 15.2 Å². The standard InChI is InChI=1S/C17H14ClN5O3S/c1-10-6-7-13(14(8-10)23(25)26)19-15(24)9-27-17-20-16(21-22-17)11-4-2-3-5-12(11)18/h2-8H,9H2,1H3,(H,19,24)(H,20,21,22). The highest BCUT2D eigenvalue weighted by atomic mass is 35.5. The lowest BCUT2D eigenvalue weighted by Crippen LogP contribution is -2.15. The third-order valence-corrected chi connectivity index (χ3v) is 4.73. The topological polar surface area (TPSA) is 114 Å². The Morgan fingerprint density at radius 3 is 2.85 bits per heavy atom. The molecule has 3 rings (SSSR count). The minimum atomic E-state index is -0.527. The molecular formula is C17H14ClN5O3S. The molecule has 10 heteroatoms. The molecule has 0 atom stereocenters. The average molecular weight is 404 g/mol. The Kier molecular flexibility index (Phi) is 5.72. The van der Waals surface area contributed by atoms with Crippen molar-refractivity contribution in [1.29, 1.82) is 0 Å². The first-order chi connectivity index (χ1) is 12.9. The zero-order valence-electron chi connectivity index (χ0n) is 14.1. The van der Waals surface area contributed by atoms with E-state index in [4.69, 9.17) is 11.6 Å². The summed E-state index contributed by atoms with van der Waals surface area (Å²) in [6.07, 6.45) is 0. The number of nitrogens with one attached hydrogen (secondary N) is 2. The number of rotatable bonds is 6. The molecule has 1 aromatic heterocycles. The number of carbonyl (C=O) groups excluding carboxylic acids is 1. The second kappa shape index (κ2) is 8.19. The third kappa shape index (κ3) is 4.63. The minimum absolute atomic E-state index is 0.00481. The Morgan fingerprint density at radius 1 is 1.33 bits per heavy atom. The molecule has 2 N–H and O–H groups in total. The van der Waals surface area contributed by atoms with E-state index in [1.807, 2.05) is 12.1 Å². The number of nitro benzene ring substituents is 1. The fourth-order valence-electron chi connectivity index (χ4n) is 2.30. The lowest BCUT2D eigenvalue weighted by Gasteiger charge is -2.05. The number of anilines is 1. The zero-order valence-corrected chi connectivity index (χ0v) is 15.7. The van der Waals surface area contributed by atoms with E-state index in [1.165, 1.54) is 12.1 Å². The summed E-state index contributed by atoms with van der Waals surface area (Å²) in [4.78, 5) is 27.0. The first kappa shape index (κ1) is 18.9. The first-order valence-corrected chi connectivity index (χ1v) is 9.15. The van der Waals surface area contributed by atoms with Crippen LogP contribution in [0.25, 0.3) is 11.4 Å². The van der Waals surface area contributed by atoms with Gasteiger partial charge in [0.05, 0.1) is 15.7 Å². The van der Waals surface area contributed by atoms with E-state index in [9.17, 15) is 14.9 Å². The monoisotopic (exact) mass is 403 g/mol. The van der Waals surface area contributed by atoms with E-state index in [1.54, 1.807) is 25.1 Å². The van der Waals surface area contributed by atoms with Gasteiger partial charge in [-0.15, -0.1) is 5.10 Å². The van der Waals surface area contributed by atoms with Crippen molar-refractivity contribution in [2.45, 2.75) is 12.1 Å². The maximum absolute atomic E-state index is 12.1. The van der Waals surface area contributed by atoms with Crippen LogP contribution in [0, 0.1) is 17.0 Å². The molecule has 0 fully saturated rings. The Labute approximate surface area is 163 Å². The van der Waals surface area contributed by atoms with Gasteiger partial charge in [-0.25, -0.2) is 4.98 Å². The van der Waals surface area contributed by atoms with Crippen LogP contribution in [0.2, 0.25) is 5.02 Å². The molecule has 1 heterocycles. The first-order valence-electron chi connectivity index (χ1n) is 7.79. The number of nitrogens with zero attached hydrogens (tertiary/aromatic N) is 3. The van der Waals surface area contributed by atoms with Gasteiger partial charge in [0.25, 0.3) is 5.69 Å². The molecule has 0 aliphatic heterocycles. The number of aryl methyl sites for hydroxylation is 1. The van der Waals surface area contributed by atoms with Crippen molar-refractivity contribution >= 4 is 40.6 Å². The van der Waals surface area contributed by atoms with E-state index in [0.29, 0.717) is 21.6 Å². The van der Waals surface area contributed by atoms with Crippen molar-refractivity contribution < 1.29 is 9.72 Å². The number of hydrogen-bond acceptors (Lipinski definition) is 6. The van der Waals surface area contributed by atoms with Crippen LogP contribution in [0.4, 0.5) is 11.4 Å². The molecule has 0 spiro atoms. The summed E-state index contributed by atoms with van der Waals surface area (Å²) >= 11 is 7.23. The van der Waals surface area contributed by atoms with E-state index >= 15 is 0 Å². The number of hydrogen-bond donors (Lipinski definition) is 2. The quantitative estimate of drug-likeness (QED) is 0.364. The van der Waals surface area contributed by atoms with Crippen LogP contribution in [0.3, 0.4) is 0 Å². The minimum Gasteiger partial charge on any atom is -0.320 e. The molecule has 0 radical (unpaired) electrons. The Bertz CT molecular complexity index is 1010. The molecule has 1 amide bonds. The second-order valence-electron chi connectivity index (χ2n) is 5.56. The molecule has 138 valence electrons. The highest BCUT2D eigenvalue weighted by Crippen LogP contribution is 2.27. The van der Waals surface area contributed by atoms with Crippen LogP contribution in [-0.4, -0.2) is 31.8 Å². The number of carbonyl (C=O) groups is 1. The molecule has 0 saturated heterocycles. The van der Waals surface area contributed by atoms with Crippen molar-refractivity contribution in [2.75, 3.05) is 11.1 Å². The predicted molar refractivity (Wildman–Crippen MR) is 104 cm³/mol. The summed E-state index contributed by atoms with van der Waals surface area (Å²) in [5.41, 5.74) is 1.45. The van der Waals surface area contributed by atoms with Crippen molar-refractivity contribution in [2.24, 2.45) is 0 Å². The largest absolute Gasteiger partial charge is 0.320 e. The van der Waals surface area contributed by atoms with E-state index in [-0.39, 0.29) is 17.1 Å². The van der Waals surface area contributed by atoms with Gasteiger partial charge in [0, 0.05) is 11.6 Å². The van der Waals surface area contributed by atoms with E-state index < -0.39 is 10.8 Å². The number of benzene rings is 2. The van der Waals surface area contributed by atoms with Crippen molar-refractivity contribution in [3.8, 4) is 11.4 Å². The van der Waals surface area contributed by atoms with Crippen molar-refractivity contribution in [3.63, 3.8) is 0 Å². The fraction of sp³-hybridized carbons (Fsp3) is 0.118. The zero-order chi connectivity index (χ0) is 19.4. The molecule has 0 bridgehead atoms. The lowest BCUT2D eigenvalue weighted by molar-refractivity contribution is -0.384. The number of thioether (sulfide) groups is 1. The van der Waals surface area contributed by atoms with Gasteiger partial charge in [-0.2, -0.15) is 0 Å². The normalized spacial score (nSPS) is 10.6. The van der Waals surface area contributed by atoms with Crippen LogP contribution in [-0.2, 0) is 4.79 Å². The third-order valence-electron chi connectivity index (χ3n) is 3.55. The van der Waals surface area contributed by atoms with Gasteiger partial charge in [0.15, 0.2) is 5.82 Å². The Hall–Kier alpha value is -2.91. The molecule has 0 saturated carbocycles. The predicted octanol–water partition coefficient (Wildman–Crippen LogP) is 4.07. The number of amides is 1. The van der Waals surface area contributed by atoms with Gasteiger partial charge >= 0.3 is 0 Å². The molecule has 8 nitrogen and oxygen atoms in total. The molecule has 0 aliphatic rings. The van der Waals surface area contributed by atoms with Crippen LogP contribution in [0.1, 0.15) is 5.56 Å². The second-order valence-corrected chi connectivity index (χ2v) is 6.91. The van der Waals surface area contributed by atoms with Crippen LogP contribution in [0.5, 0.6) is 0 Å². The molecule has 2 aromatic carbocycles. The van der Waals surface area contributed by atoms with Gasteiger partial charge in [0.1, 0.15) is 5.69 Å². The Morgan fingerprint density at radius 2 is 2.11 bits per heavy atom. The lowest BCUT2D eigenvalue weighted by atomic mass is 10.2. The SMILES string of the molecule is Cc1ccc(NC(=O)CSc2n[nH]c(-c3ccccc3Cl)n2)c([N+](=O)[O-])c1. The van der Waals surface area contributed by atoms with Crippen LogP contribution in [0.15, 0.2) is 47.6 Å². The summed E-state index contributed by atoms with van der Waals surface area (Å²) in [5.74, 6) is 0.110. The summed E-state index contributed by atoms with van der Waals surface area (Å²) in [5, 5.41) is 21.4. The van der Waals surface area contributed by atoms with Crippen molar-refractivity contribution in [3.05, 3.63) is 63.2 Å². The van der Waals surface area contributed by atoms with E-state index in [2.05, 4.69) is 20.5 Å². The van der Waals surface area contributed by atoms with Gasteiger partial charge in [-0.3, -0.25) is 20.0 Å². The van der Waals surface area contributed by atoms with Gasteiger partial charge in [-0.1, -0.05) is 41.6 Å². The number of H-pyrrole nitrogens is 1. The molecule has 3 aromatic rings. The number of aromatic amines is 1. The molecule has 0 unspecified atom stereocenters. The summed E-state index contributed by atoms with van der Waals surface area (Å²) in [6, 6.07) is 11.8. The smallest absolute Gasteiger partial charge is 0.293 e. The average Bonchev–Trinajstić information content (AvgIpc) is 3.10. The molecule has 27 heavy (non-hydrogen) atoms. The Balaban J connectivity index is 1.64. The van der Waals surface area contributed by atoms with Crippen LogP contribution >= 0.6 is 23.4 Å². The highest BCUT2D eigenvalue weighted by molar-refractivity contribution is 7.99. The maximum atomic E-state index is 12.1. The summed E-state index contributed by atoms with van der Waals surface area (Å²) in [6.45, 7) is 1.74. The summed E-state index contributed by atoms with van der Waals surface area (Å²) < 4.78 is 0. The number of halogens is 1.